The van der Waals surface area contributed by atoms with E-state index >= 15 is 0 Å². The summed E-state index contributed by atoms with van der Waals surface area (Å²) in [5.41, 5.74) is 2.15. The fourth-order valence-corrected chi connectivity index (χ4v) is 2.10. The van der Waals surface area contributed by atoms with Crippen molar-refractivity contribution in [2.45, 2.75) is 12.8 Å². The Bertz CT molecular complexity index is 559. The largest absolute Gasteiger partial charge is 0.293 e. The molecule has 114 valence electrons. The molecule has 0 N–H and O–H groups in total. The molecule has 22 heavy (non-hydrogen) atoms. The first-order chi connectivity index (χ1) is 10.7. The highest BCUT2D eigenvalue weighted by molar-refractivity contribution is 6.30. The number of hydrogen-bond acceptors (Lipinski definition) is 2. The molecule has 0 bridgehead atoms. The van der Waals surface area contributed by atoms with Gasteiger partial charge in [-0.05, 0) is 48.2 Å². The Balaban J connectivity index is 1.61. The van der Waals surface area contributed by atoms with Crippen LogP contribution in [0.5, 0.6) is 0 Å². The summed E-state index contributed by atoms with van der Waals surface area (Å²) < 4.78 is 0. The predicted molar refractivity (Wildman–Crippen MR) is 97.1 cm³/mol. The summed E-state index contributed by atoms with van der Waals surface area (Å²) >= 11 is 11.7. The van der Waals surface area contributed by atoms with Gasteiger partial charge in [-0.1, -0.05) is 47.5 Å². The molecule has 0 atom stereocenters. The molecular weight excluding hydrogens is 315 g/mol. The zero-order valence-corrected chi connectivity index (χ0v) is 13.8. The molecule has 2 aromatic carbocycles. The van der Waals surface area contributed by atoms with Crippen LogP contribution in [-0.2, 0) is 0 Å². The molecule has 0 unspecified atom stereocenters. The smallest absolute Gasteiger partial charge is 0.0406 e. The van der Waals surface area contributed by atoms with Crippen molar-refractivity contribution in [2.24, 2.45) is 9.98 Å². The Morgan fingerprint density at radius 3 is 1.36 bits per heavy atom. The van der Waals surface area contributed by atoms with Crippen molar-refractivity contribution in [3.8, 4) is 0 Å². The van der Waals surface area contributed by atoms with Crippen molar-refractivity contribution in [1.29, 1.82) is 0 Å². The molecule has 0 aliphatic heterocycles. The molecule has 0 spiro atoms. The Labute approximate surface area is 141 Å². The zero-order valence-electron chi connectivity index (χ0n) is 12.3. The van der Waals surface area contributed by atoms with Gasteiger partial charge in [-0.2, -0.15) is 0 Å². The van der Waals surface area contributed by atoms with Gasteiger partial charge in [-0.25, -0.2) is 0 Å². The van der Waals surface area contributed by atoms with Gasteiger partial charge in [-0.15, -0.1) is 0 Å². The van der Waals surface area contributed by atoms with Gasteiger partial charge in [-0.3, -0.25) is 9.98 Å². The van der Waals surface area contributed by atoms with Crippen molar-refractivity contribution >= 4 is 35.6 Å². The number of nitrogens with zero attached hydrogens (tertiary/aromatic N) is 2. The van der Waals surface area contributed by atoms with Crippen LogP contribution in [0.25, 0.3) is 0 Å². The van der Waals surface area contributed by atoms with Crippen molar-refractivity contribution < 1.29 is 0 Å². The van der Waals surface area contributed by atoms with Gasteiger partial charge in [0.25, 0.3) is 0 Å². The first kappa shape index (κ1) is 16.7. The van der Waals surface area contributed by atoms with E-state index in [9.17, 15) is 0 Å². The Kier molecular flexibility index (Phi) is 7.14. The first-order valence-corrected chi connectivity index (χ1v) is 8.00. The van der Waals surface area contributed by atoms with Crippen LogP contribution in [0, 0.1) is 0 Å². The predicted octanol–water partition coefficient (Wildman–Crippen LogP) is 5.31. The quantitative estimate of drug-likeness (QED) is 0.484. The first-order valence-electron chi connectivity index (χ1n) is 7.25. The van der Waals surface area contributed by atoms with Gasteiger partial charge in [0.05, 0.1) is 0 Å². The fraction of sp³-hybridized carbons (Fsp3) is 0.222. The van der Waals surface area contributed by atoms with Crippen molar-refractivity contribution in [3.05, 3.63) is 69.7 Å². The van der Waals surface area contributed by atoms with Crippen LogP contribution in [-0.4, -0.2) is 25.5 Å². The van der Waals surface area contributed by atoms with E-state index in [0.29, 0.717) is 0 Å². The molecule has 0 amide bonds. The van der Waals surface area contributed by atoms with Crippen molar-refractivity contribution in [1.82, 2.24) is 0 Å². The lowest BCUT2D eigenvalue weighted by molar-refractivity contribution is 0.760. The normalized spacial score (nSPS) is 11.5. The number of halogens is 2. The molecule has 0 aliphatic carbocycles. The van der Waals surface area contributed by atoms with E-state index in [1.165, 1.54) is 0 Å². The summed E-state index contributed by atoms with van der Waals surface area (Å²) in [5, 5.41) is 1.49. The van der Waals surface area contributed by atoms with Crippen molar-refractivity contribution in [2.75, 3.05) is 13.1 Å². The third kappa shape index (κ3) is 6.42. The fourth-order valence-electron chi connectivity index (χ4n) is 1.84. The summed E-state index contributed by atoms with van der Waals surface area (Å²) in [6.45, 7) is 1.64. The maximum atomic E-state index is 5.83. The second kappa shape index (κ2) is 9.39. The Morgan fingerprint density at radius 2 is 1.00 bits per heavy atom. The molecule has 4 heteroatoms. The van der Waals surface area contributed by atoms with E-state index in [1.54, 1.807) is 0 Å². The summed E-state index contributed by atoms with van der Waals surface area (Å²) in [7, 11) is 0. The van der Waals surface area contributed by atoms with Gasteiger partial charge >= 0.3 is 0 Å². The highest BCUT2D eigenvalue weighted by Gasteiger charge is 1.90. The highest BCUT2D eigenvalue weighted by atomic mass is 35.5. The lowest BCUT2D eigenvalue weighted by Gasteiger charge is -1.96. The van der Waals surface area contributed by atoms with Crippen LogP contribution in [0.2, 0.25) is 10.0 Å². The maximum Gasteiger partial charge on any atom is 0.0406 e. The standard InChI is InChI=1S/C18H18Cl2N2/c19-17-7-3-15(4-8-17)13-21-11-1-2-12-22-14-16-5-9-18(20)10-6-16/h3-10,13-14H,1-2,11-12H2/b21-13+,22-14+. The third-order valence-corrected chi connectivity index (χ3v) is 3.55. The van der Waals surface area contributed by atoms with Gasteiger partial charge in [0.15, 0.2) is 0 Å². The highest BCUT2D eigenvalue weighted by Crippen LogP contribution is 2.08. The minimum atomic E-state index is 0.746. The number of aliphatic imine (C=N–C) groups is 2. The molecule has 0 heterocycles. The summed E-state index contributed by atoms with van der Waals surface area (Å²) in [4.78, 5) is 8.80. The number of hydrogen-bond donors (Lipinski definition) is 0. The minimum Gasteiger partial charge on any atom is -0.293 e. The molecule has 2 rings (SSSR count). The molecule has 2 aromatic rings. The van der Waals surface area contributed by atoms with E-state index in [4.69, 9.17) is 23.2 Å². The third-order valence-electron chi connectivity index (χ3n) is 3.05. The summed E-state index contributed by atoms with van der Waals surface area (Å²) in [6.07, 6.45) is 5.82. The number of rotatable bonds is 7. The van der Waals surface area contributed by atoms with Gasteiger partial charge in [0, 0.05) is 35.6 Å². The Hall–Kier alpha value is -1.64. The van der Waals surface area contributed by atoms with E-state index < -0.39 is 0 Å². The van der Waals surface area contributed by atoms with Crippen LogP contribution >= 0.6 is 23.2 Å². The van der Waals surface area contributed by atoms with Crippen molar-refractivity contribution in [3.63, 3.8) is 0 Å². The monoisotopic (exact) mass is 332 g/mol. The van der Waals surface area contributed by atoms with Crippen LogP contribution < -0.4 is 0 Å². The van der Waals surface area contributed by atoms with Gasteiger partial charge in [0.1, 0.15) is 0 Å². The minimum absolute atomic E-state index is 0.746. The average Bonchev–Trinajstić information content (AvgIpc) is 2.53. The zero-order chi connectivity index (χ0) is 15.6. The molecule has 2 nitrogen and oxygen atoms in total. The molecule has 0 aromatic heterocycles. The topological polar surface area (TPSA) is 24.7 Å². The average molecular weight is 333 g/mol. The lowest BCUT2D eigenvalue weighted by Crippen LogP contribution is -1.89. The van der Waals surface area contributed by atoms with Crippen LogP contribution in [0.1, 0.15) is 24.0 Å². The Morgan fingerprint density at radius 1 is 0.636 bits per heavy atom. The van der Waals surface area contributed by atoms with E-state index in [-0.39, 0.29) is 0 Å². The summed E-state index contributed by atoms with van der Waals surface area (Å²) in [6, 6.07) is 15.3. The van der Waals surface area contributed by atoms with E-state index in [0.717, 1.165) is 47.1 Å². The maximum absolute atomic E-state index is 5.83. The second-order valence-corrected chi connectivity index (χ2v) is 5.75. The second-order valence-electron chi connectivity index (χ2n) is 4.88. The number of benzene rings is 2. The molecule has 0 fully saturated rings. The van der Waals surface area contributed by atoms with Crippen LogP contribution in [0.3, 0.4) is 0 Å². The van der Waals surface area contributed by atoms with Gasteiger partial charge < -0.3 is 0 Å². The lowest BCUT2D eigenvalue weighted by atomic mass is 10.2. The SMILES string of the molecule is Clc1ccc(/C=N/CCCC/N=C/c2ccc(Cl)cc2)cc1. The summed E-state index contributed by atoms with van der Waals surface area (Å²) in [5.74, 6) is 0. The van der Waals surface area contributed by atoms with E-state index in [2.05, 4.69) is 9.98 Å². The molecule has 0 radical (unpaired) electrons. The molecule has 0 saturated heterocycles. The number of unbranched alkanes of at least 4 members (excludes halogenated alkanes) is 1. The van der Waals surface area contributed by atoms with Crippen LogP contribution in [0.15, 0.2) is 58.5 Å². The molecule has 0 aliphatic rings. The van der Waals surface area contributed by atoms with Crippen LogP contribution in [0.4, 0.5) is 0 Å². The molecular formula is C18H18Cl2N2. The van der Waals surface area contributed by atoms with E-state index in [1.807, 2.05) is 61.0 Å². The molecule has 0 saturated carbocycles. The van der Waals surface area contributed by atoms with Gasteiger partial charge in [0.2, 0.25) is 0 Å².